The number of nitrogens with zero attached hydrogens (tertiary/aromatic N) is 3. The summed E-state index contributed by atoms with van der Waals surface area (Å²) < 4.78 is 7.43. The SMILES string of the molecule is CC(Oc1ccc(C(C)(C)C)cc1)C(=O)Nc1nc(C2CCNCC2)nn1C. The molecule has 1 aromatic carbocycles. The van der Waals surface area contributed by atoms with Crippen LogP contribution in [0.25, 0.3) is 0 Å². The quantitative estimate of drug-likeness (QED) is 0.827. The lowest BCUT2D eigenvalue weighted by atomic mass is 9.87. The number of anilines is 1. The lowest BCUT2D eigenvalue weighted by Gasteiger charge is -2.20. The number of aryl methyl sites for hydroxylation is 1. The van der Waals surface area contributed by atoms with Crippen molar-refractivity contribution in [1.29, 1.82) is 0 Å². The fourth-order valence-electron chi connectivity index (χ4n) is 3.27. The van der Waals surface area contributed by atoms with Crippen LogP contribution in [0.5, 0.6) is 5.75 Å². The van der Waals surface area contributed by atoms with E-state index in [4.69, 9.17) is 4.74 Å². The maximum atomic E-state index is 12.6. The standard InChI is InChI=1S/C21H31N5O2/c1-14(28-17-8-6-16(7-9-17)21(2,3)4)19(27)24-20-23-18(25-26(20)5)15-10-12-22-13-11-15/h6-9,14-15,22H,10-13H2,1-5H3,(H,23,24,25,27). The van der Waals surface area contributed by atoms with Crippen LogP contribution in [0.4, 0.5) is 5.95 Å². The normalized spacial score (nSPS) is 16.6. The molecule has 1 amide bonds. The van der Waals surface area contributed by atoms with Crippen LogP contribution in [0.15, 0.2) is 24.3 Å². The molecule has 1 saturated heterocycles. The highest BCUT2D eigenvalue weighted by Crippen LogP contribution is 2.25. The molecule has 0 radical (unpaired) electrons. The van der Waals surface area contributed by atoms with Crippen molar-refractivity contribution < 1.29 is 9.53 Å². The summed E-state index contributed by atoms with van der Waals surface area (Å²) in [4.78, 5) is 17.1. The van der Waals surface area contributed by atoms with Crippen LogP contribution in [0.2, 0.25) is 0 Å². The molecule has 3 rings (SSSR count). The number of nitrogens with one attached hydrogen (secondary N) is 2. The Morgan fingerprint density at radius 1 is 1.25 bits per heavy atom. The van der Waals surface area contributed by atoms with Gasteiger partial charge in [-0.15, -0.1) is 0 Å². The molecule has 7 nitrogen and oxygen atoms in total. The molecule has 1 unspecified atom stereocenters. The minimum atomic E-state index is -0.639. The Morgan fingerprint density at radius 3 is 2.50 bits per heavy atom. The number of benzene rings is 1. The van der Waals surface area contributed by atoms with Crippen LogP contribution >= 0.6 is 0 Å². The number of carbonyl (C=O) groups excluding carboxylic acids is 1. The number of carbonyl (C=O) groups is 1. The third-order valence-electron chi connectivity index (χ3n) is 5.12. The second kappa shape index (κ2) is 8.31. The zero-order chi connectivity index (χ0) is 20.3. The Morgan fingerprint density at radius 2 is 1.89 bits per heavy atom. The van der Waals surface area contributed by atoms with Crippen LogP contribution in [0.1, 0.15) is 57.8 Å². The topological polar surface area (TPSA) is 81.1 Å². The van der Waals surface area contributed by atoms with Crippen LogP contribution < -0.4 is 15.4 Å². The Kier molecular flexibility index (Phi) is 6.03. The molecule has 0 bridgehead atoms. The lowest BCUT2D eigenvalue weighted by Crippen LogP contribution is -2.31. The van der Waals surface area contributed by atoms with Gasteiger partial charge < -0.3 is 10.1 Å². The summed E-state index contributed by atoms with van der Waals surface area (Å²) in [6.07, 6.45) is 1.39. The van der Waals surface area contributed by atoms with Gasteiger partial charge in [-0.05, 0) is 56.0 Å². The van der Waals surface area contributed by atoms with E-state index in [1.54, 1.807) is 18.7 Å². The summed E-state index contributed by atoms with van der Waals surface area (Å²) in [6.45, 7) is 10.2. The smallest absolute Gasteiger partial charge is 0.267 e. The first-order valence-corrected chi connectivity index (χ1v) is 9.94. The molecule has 2 N–H and O–H groups in total. The third-order valence-corrected chi connectivity index (χ3v) is 5.12. The fraction of sp³-hybridized carbons (Fsp3) is 0.571. The first kappa shape index (κ1) is 20.3. The predicted molar refractivity (Wildman–Crippen MR) is 110 cm³/mol. The molecule has 1 aromatic heterocycles. The lowest BCUT2D eigenvalue weighted by molar-refractivity contribution is -0.122. The van der Waals surface area contributed by atoms with Crippen LogP contribution in [0.3, 0.4) is 0 Å². The molecule has 7 heteroatoms. The first-order valence-electron chi connectivity index (χ1n) is 9.94. The summed E-state index contributed by atoms with van der Waals surface area (Å²) in [7, 11) is 1.80. The van der Waals surface area contributed by atoms with Crippen molar-refractivity contribution in [1.82, 2.24) is 20.1 Å². The average molecular weight is 386 g/mol. The van der Waals surface area contributed by atoms with Crippen molar-refractivity contribution >= 4 is 11.9 Å². The molecule has 1 fully saturated rings. The predicted octanol–water partition coefficient (Wildman–Crippen LogP) is 2.99. The molecule has 2 heterocycles. The molecular weight excluding hydrogens is 354 g/mol. The van der Waals surface area contributed by atoms with Crippen molar-refractivity contribution in [2.24, 2.45) is 7.05 Å². The maximum absolute atomic E-state index is 12.6. The highest BCUT2D eigenvalue weighted by Gasteiger charge is 2.23. The van der Waals surface area contributed by atoms with Gasteiger partial charge in [0.25, 0.3) is 5.91 Å². The summed E-state index contributed by atoms with van der Waals surface area (Å²) in [5.74, 6) is 2.02. The van der Waals surface area contributed by atoms with Gasteiger partial charge >= 0.3 is 0 Å². The van der Waals surface area contributed by atoms with Crippen molar-refractivity contribution in [2.45, 2.75) is 58.0 Å². The van der Waals surface area contributed by atoms with Crippen LogP contribution in [-0.2, 0) is 17.3 Å². The summed E-state index contributed by atoms with van der Waals surface area (Å²) >= 11 is 0. The zero-order valence-electron chi connectivity index (χ0n) is 17.5. The van der Waals surface area contributed by atoms with E-state index < -0.39 is 6.10 Å². The zero-order valence-corrected chi connectivity index (χ0v) is 17.5. The van der Waals surface area contributed by atoms with Crippen molar-refractivity contribution in [3.8, 4) is 5.75 Å². The minimum Gasteiger partial charge on any atom is -0.481 e. The summed E-state index contributed by atoms with van der Waals surface area (Å²) in [5, 5.41) is 10.7. The van der Waals surface area contributed by atoms with E-state index in [0.717, 1.165) is 31.8 Å². The summed E-state index contributed by atoms with van der Waals surface area (Å²) in [5.41, 5.74) is 1.31. The number of hydrogen-bond donors (Lipinski definition) is 2. The summed E-state index contributed by atoms with van der Waals surface area (Å²) in [6, 6.07) is 7.88. The van der Waals surface area contributed by atoms with Crippen LogP contribution in [-0.4, -0.2) is 39.9 Å². The number of hydrogen-bond acceptors (Lipinski definition) is 5. The van der Waals surface area contributed by atoms with Crippen molar-refractivity contribution in [3.63, 3.8) is 0 Å². The van der Waals surface area contributed by atoms with Crippen LogP contribution in [0, 0.1) is 0 Å². The Labute approximate surface area is 166 Å². The van der Waals surface area contributed by atoms with Gasteiger partial charge in [0, 0.05) is 13.0 Å². The van der Waals surface area contributed by atoms with E-state index in [9.17, 15) is 4.79 Å². The first-order chi connectivity index (χ1) is 13.2. The van der Waals surface area contributed by atoms with Gasteiger partial charge in [-0.2, -0.15) is 10.1 Å². The number of aromatic nitrogens is 3. The van der Waals surface area contributed by atoms with Gasteiger partial charge in [0.15, 0.2) is 11.9 Å². The molecule has 2 aromatic rings. The fourth-order valence-corrected chi connectivity index (χ4v) is 3.27. The Bertz CT molecular complexity index is 801. The van der Waals surface area contributed by atoms with Gasteiger partial charge in [0.2, 0.25) is 5.95 Å². The van der Waals surface area contributed by atoms with E-state index in [0.29, 0.717) is 17.6 Å². The molecule has 152 valence electrons. The molecule has 1 atom stereocenters. The Balaban J connectivity index is 1.60. The highest BCUT2D eigenvalue weighted by molar-refractivity contribution is 5.92. The second-order valence-corrected chi connectivity index (χ2v) is 8.47. The van der Waals surface area contributed by atoms with E-state index in [-0.39, 0.29) is 11.3 Å². The van der Waals surface area contributed by atoms with Gasteiger partial charge in [0.05, 0.1) is 0 Å². The molecule has 0 spiro atoms. The Hall–Kier alpha value is -2.41. The van der Waals surface area contributed by atoms with E-state index in [2.05, 4.69) is 41.5 Å². The molecule has 28 heavy (non-hydrogen) atoms. The number of piperidine rings is 1. The maximum Gasteiger partial charge on any atom is 0.267 e. The molecule has 1 aliphatic heterocycles. The van der Waals surface area contributed by atoms with Crippen molar-refractivity contribution in [3.05, 3.63) is 35.7 Å². The average Bonchev–Trinajstić information content (AvgIpc) is 3.02. The van der Waals surface area contributed by atoms with E-state index in [1.807, 2.05) is 24.3 Å². The molecular formula is C21H31N5O2. The minimum absolute atomic E-state index is 0.0822. The molecule has 0 saturated carbocycles. The van der Waals surface area contributed by atoms with E-state index >= 15 is 0 Å². The largest absolute Gasteiger partial charge is 0.481 e. The monoisotopic (exact) mass is 385 g/mol. The molecule has 1 aliphatic rings. The highest BCUT2D eigenvalue weighted by atomic mass is 16.5. The second-order valence-electron chi connectivity index (χ2n) is 8.47. The molecule has 0 aliphatic carbocycles. The number of ether oxygens (including phenoxy) is 1. The van der Waals surface area contributed by atoms with Gasteiger partial charge in [-0.3, -0.25) is 10.1 Å². The number of rotatable bonds is 5. The number of amides is 1. The van der Waals surface area contributed by atoms with Gasteiger partial charge in [0.1, 0.15) is 5.75 Å². The van der Waals surface area contributed by atoms with Gasteiger partial charge in [-0.1, -0.05) is 32.9 Å². The third kappa shape index (κ3) is 4.90. The van der Waals surface area contributed by atoms with E-state index in [1.165, 1.54) is 5.56 Å². The van der Waals surface area contributed by atoms with Gasteiger partial charge in [-0.25, -0.2) is 4.68 Å². The van der Waals surface area contributed by atoms with Crippen molar-refractivity contribution in [2.75, 3.05) is 18.4 Å².